The van der Waals surface area contributed by atoms with Crippen LogP contribution < -0.4 is 0 Å². The quantitative estimate of drug-likeness (QED) is 0.759. The summed E-state index contributed by atoms with van der Waals surface area (Å²) >= 11 is 0. The van der Waals surface area contributed by atoms with E-state index in [1.807, 2.05) is 16.7 Å². The SMILES string of the molecule is CCCN1CCC(N2CCN(C)CC2)C(F)(F)C1. The molecule has 0 N–H and O–H groups in total. The largest absolute Gasteiger partial charge is 0.304 e. The zero-order chi connectivity index (χ0) is 13.2. The molecule has 2 rings (SSSR count). The number of halogens is 2. The van der Waals surface area contributed by atoms with E-state index < -0.39 is 12.0 Å². The van der Waals surface area contributed by atoms with Crippen molar-refractivity contribution in [1.29, 1.82) is 0 Å². The van der Waals surface area contributed by atoms with Crippen LogP contribution in [-0.4, -0.2) is 79.5 Å². The van der Waals surface area contributed by atoms with Crippen molar-refractivity contribution in [2.24, 2.45) is 0 Å². The number of likely N-dealkylation sites (tertiary alicyclic amines) is 1. The van der Waals surface area contributed by atoms with E-state index in [0.29, 0.717) is 6.42 Å². The van der Waals surface area contributed by atoms with Crippen LogP contribution in [0.4, 0.5) is 8.78 Å². The Morgan fingerprint density at radius 3 is 2.33 bits per heavy atom. The Morgan fingerprint density at radius 2 is 1.78 bits per heavy atom. The zero-order valence-electron chi connectivity index (χ0n) is 11.5. The second-order valence-electron chi connectivity index (χ2n) is 5.68. The van der Waals surface area contributed by atoms with Crippen molar-refractivity contribution in [3.63, 3.8) is 0 Å². The molecule has 0 bridgehead atoms. The predicted molar refractivity (Wildman–Crippen MR) is 69.2 cm³/mol. The average molecular weight is 261 g/mol. The Hall–Kier alpha value is -0.260. The molecule has 5 heteroatoms. The van der Waals surface area contributed by atoms with Gasteiger partial charge in [-0.05, 0) is 26.4 Å². The molecule has 0 aliphatic carbocycles. The van der Waals surface area contributed by atoms with Gasteiger partial charge in [-0.15, -0.1) is 0 Å². The molecule has 18 heavy (non-hydrogen) atoms. The number of alkyl halides is 2. The highest BCUT2D eigenvalue weighted by molar-refractivity contribution is 4.94. The molecule has 2 fully saturated rings. The molecule has 1 atom stereocenters. The maximum atomic E-state index is 14.2. The summed E-state index contributed by atoms with van der Waals surface area (Å²) in [7, 11) is 2.05. The number of hydrogen-bond donors (Lipinski definition) is 0. The van der Waals surface area contributed by atoms with Gasteiger partial charge in [0.15, 0.2) is 0 Å². The molecule has 0 aromatic heterocycles. The molecule has 2 heterocycles. The second-order valence-corrected chi connectivity index (χ2v) is 5.68. The Kier molecular flexibility index (Phi) is 4.56. The number of nitrogens with zero attached hydrogens (tertiary/aromatic N) is 3. The first kappa shape index (κ1) is 14.2. The number of piperazine rings is 1. The molecule has 0 spiro atoms. The first-order chi connectivity index (χ1) is 8.53. The van der Waals surface area contributed by atoms with Gasteiger partial charge in [0.25, 0.3) is 5.92 Å². The van der Waals surface area contributed by atoms with Crippen LogP contribution >= 0.6 is 0 Å². The third kappa shape index (κ3) is 3.19. The van der Waals surface area contributed by atoms with Gasteiger partial charge in [0.1, 0.15) is 0 Å². The van der Waals surface area contributed by atoms with Gasteiger partial charge < -0.3 is 4.90 Å². The lowest BCUT2D eigenvalue weighted by Crippen LogP contribution is -2.61. The lowest BCUT2D eigenvalue weighted by molar-refractivity contribution is -0.132. The van der Waals surface area contributed by atoms with Gasteiger partial charge in [0.05, 0.1) is 12.6 Å². The average Bonchev–Trinajstić information content (AvgIpc) is 2.30. The smallest absolute Gasteiger partial charge is 0.275 e. The van der Waals surface area contributed by atoms with Gasteiger partial charge in [0, 0.05) is 32.7 Å². The summed E-state index contributed by atoms with van der Waals surface area (Å²) in [5.74, 6) is -2.55. The highest BCUT2D eigenvalue weighted by Gasteiger charge is 2.47. The van der Waals surface area contributed by atoms with Gasteiger partial charge in [-0.3, -0.25) is 9.80 Å². The summed E-state index contributed by atoms with van der Waals surface area (Å²) in [6.07, 6.45) is 1.56. The fraction of sp³-hybridized carbons (Fsp3) is 1.00. The van der Waals surface area contributed by atoms with E-state index in [-0.39, 0.29) is 6.54 Å². The monoisotopic (exact) mass is 261 g/mol. The Balaban J connectivity index is 1.93. The predicted octanol–water partition coefficient (Wildman–Crippen LogP) is 1.35. The van der Waals surface area contributed by atoms with Crippen LogP contribution in [0.5, 0.6) is 0 Å². The third-order valence-corrected chi connectivity index (χ3v) is 4.16. The van der Waals surface area contributed by atoms with Gasteiger partial charge in [-0.1, -0.05) is 6.92 Å². The fourth-order valence-corrected chi connectivity index (χ4v) is 3.09. The van der Waals surface area contributed by atoms with Crippen LogP contribution in [0.1, 0.15) is 19.8 Å². The van der Waals surface area contributed by atoms with Crippen molar-refractivity contribution in [1.82, 2.24) is 14.7 Å². The number of hydrogen-bond acceptors (Lipinski definition) is 3. The molecule has 0 radical (unpaired) electrons. The molecule has 1 unspecified atom stereocenters. The summed E-state index contributed by atoms with van der Waals surface area (Å²) in [6.45, 7) is 6.99. The first-order valence-corrected chi connectivity index (χ1v) is 7.05. The van der Waals surface area contributed by atoms with Crippen molar-refractivity contribution in [3.8, 4) is 0 Å². The molecular formula is C13H25F2N3. The van der Waals surface area contributed by atoms with Crippen LogP contribution in [0.2, 0.25) is 0 Å². The molecule has 106 valence electrons. The van der Waals surface area contributed by atoms with Crippen LogP contribution in [0.15, 0.2) is 0 Å². The van der Waals surface area contributed by atoms with Gasteiger partial charge >= 0.3 is 0 Å². The maximum absolute atomic E-state index is 14.2. The van der Waals surface area contributed by atoms with Crippen LogP contribution in [-0.2, 0) is 0 Å². The van der Waals surface area contributed by atoms with Crippen molar-refractivity contribution in [2.45, 2.75) is 31.7 Å². The molecule has 2 aliphatic heterocycles. The molecule has 2 aliphatic rings. The number of likely N-dealkylation sites (N-methyl/N-ethyl adjacent to an activating group) is 1. The van der Waals surface area contributed by atoms with Crippen LogP contribution in [0, 0.1) is 0 Å². The summed E-state index contributed by atoms with van der Waals surface area (Å²) in [4.78, 5) is 6.12. The first-order valence-electron chi connectivity index (χ1n) is 7.05. The van der Waals surface area contributed by atoms with Crippen LogP contribution in [0.3, 0.4) is 0 Å². The van der Waals surface area contributed by atoms with Crippen LogP contribution in [0.25, 0.3) is 0 Å². The highest BCUT2D eigenvalue weighted by Crippen LogP contribution is 2.31. The molecule has 0 amide bonds. The molecule has 0 saturated carbocycles. The fourth-order valence-electron chi connectivity index (χ4n) is 3.09. The van der Waals surface area contributed by atoms with Crippen molar-refractivity contribution in [2.75, 3.05) is 52.9 Å². The van der Waals surface area contributed by atoms with Gasteiger partial charge in [0.2, 0.25) is 0 Å². The summed E-state index contributed by atoms with van der Waals surface area (Å²) in [6, 6.07) is -0.542. The Morgan fingerprint density at radius 1 is 1.11 bits per heavy atom. The summed E-state index contributed by atoms with van der Waals surface area (Å²) < 4.78 is 28.5. The lowest BCUT2D eigenvalue weighted by atomic mass is 9.98. The third-order valence-electron chi connectivity index (χ3n) is 4.16. The standard InChI is InChI=1S/C13H25F2N3/c1-3-5-17-6-4-12(13(14,15)11-17)18-9-7-16(2)8-10-18/h12H,3-11H2,1-2H3. The number of rotatable bonds is 3. The van der Waals surface area contributed by atoms with Crippen molar-refractivity contribution < 1.29 is 8.78 Å². The molecule has 0 aromatic rings. The minimum absolute atomic E-state index is 0.0577. The Labute approximate surface area is 109 Å². The summed E-state index contributed by atoms with van der Waals surface area (Å²) in [5, 5.41) is 0. The molecular weight excluding hydrogens is 236 g/mol. The van der Waals surface area contributed by atoms with E-state index in [9.17, 15) is 8.78 Å². The minimum atomic E-state index is -2.55. The zero-order valence-corrected chi connectivity index (χ0v) is 11.5. The van der Waals surface area contributed by atoms with E-state index in [2.05, 4.69) is 11.9 Å². The van der Waals surface area contributed by atoms with E-state index in [1.54, 1.807) is 0 Å². The van der Waals surface area contributed by atoms with E-state index >= 15 is 0 Å². The normalized spacial score (nSPS) is 31.7. The number of piperidine rings is 1. The topological polar surface area (TPSA) is 9.72 Å². The van der Waals surface area contributed by atoms with E-state index in [1.165, 1.54) is 0 Å². The van der Waals surface area contributed by atoms with Crippen molar-refractivity contribution in [3.05, 3.63) is 0 Å². The van der Waals surface area contributed by atoms with Crippen molar-refractivity contribution >= 4 is 0 Å². The summed E-state index contributed by atoms with van der Waals surface area (Å²) in [5.41, 5.74) is 0. The Bertz CT molecular complexity index is 265. The van der Waals surface area contributed by atoms with E-state index in [4.69, 9.17) is 0 Å². The lowest BCUT2D eigenvalue weighted by Gasteiger charge is -2.46. The highest BCUT2D eigenvalue weighted by atomic mass is 19.3. The van der Waals surface area contributed by atoms with Gasteiger partial charge in [-0.25, -0.2) is 8.78 Å². The molecule has 2 saturated heterocycles. The maximum Gasteiger partial charge on any atom is 0.275 e. The second kappa shape index (κ2) is 5.80. The minimum Gasteiger partial charge on any atom is -0.304 e. The van der Waals surface area contributed by atoms with Gasteiger partial charge in [-0.2, -0.15) is 0 Å². The molecule has 0 aromatic carbocycles. The molecule has 3 nitrogen and oxygen atoms in total. The van der Waals surface area contributed by atoms with E-state index in [0.717, 1.165) is 45.7 Å².